The van der Waals surface area contributed by atoms with Gasteiger partial charge >= 0.3 is 0 Å². The molecule has 1 aromatic carbocycles. The number of hydrogen-bond acceptors (Lipinski definition) is 3. The summed E-state index contributed by atoms with van der Waals surface area (Å²) in [6.07, 6.45) is 5.06. The highest BCUT2D eigenvalue weighted by molar-refractivity contribution is 6.02. The summed E-state index contributed by atoms with van der Waals surface area (Å²) in [5.74, 6) is 1.05. The van der Waals surface area contributed by atoms with Crippen molar-refractivity contribution in [2.75, 3.05) is 18.0 Å². The van der Waals surface area contributed by atoms with Gasteiger partial charge in [-0.1, -0.05) is 31.0 Å². The Balaban J connectivity index is 2.18. The van der Waals surface area contributed by atoms with E-state index in [1.807, 2.05) is 12.1 Å². The van der Waals surface area contributed by atoms with E-state index in [0.717, 1.165) is 30.3 Å². The lowest BCUT2D eigenvalue weighted by Crippen LogP contribution is -2.35. The van der Waals surface area contributed by atoms with Crippen molar-refractivity contribution in [1.82, 2.24) is 0 Å². The van der Waals surface area contributed by atoms with E-state index in [9.17, 15) is 0 Å². The van der Waals surface area contributed by atoms with Gasteiger partial charge in [-0.05, 0) is 43.4 Å². The van der Waals surface area contributed by atoms with Crippen molar-refractivity contribution in [1.29, 1.82) is 0 Å². The monoisotopic (exact) mass is 275 g/mol. The average molecular weight is 275 g/mol. The third kappa shape index (κ3) is 3.24. The minimum Gasteiger partial charge on any atom is -0.409 e. The summed E-state index contributed by atoms with van der Waals surface area (Å²) in [6, 6.07) is 6.08. The van der Waals surface area contributed by atoms with Crippen LogP contribution >= 0.6 is 0 Å². The maximum Gasteiger partial charge on any atom is 0.172 e. The Morgan fingerprint density at radius 1 is 1.40 bits per heavy atom. The zero-order valence-electron chi connectivity index (χ0n) is 12.5. The molecule has 3 N–H and O–H groups in total. The van der Waals surface area contributed by atoms with Crippen LogP contribution in [0.15, 0.2) is 23.4 Å². The number of benzene rings is 1. The lowest BCUT2D eigenvalue weighted by Gasteiger charge is -2.34. The minimum absolute atomic E-state index is 0.190. The molecular formula is C16H25N3O. The SMILES string of the molecule is CCCC1CCN(c2cc(C)ccc2C(N)=NO)CC1. The summed E-state index contributed by atoms with van der Waals surface area (Å²) in [5.41, 5.74) is 8.92. The minimum atomic E-state index is 0.190. The molecule has 110 valence electrons. The second kappa shape index (κ2) is 6.64. The van der Waals surface area contributed by atoms with Gasteiger partial charge in [-0.2, -0.15) is 0 Å². The molecule has 0 atom stereocenters. The quantitative estimate of drug-likeness (QED) is 0.384. The first-order valence-electron chi connectivity index (χ1n) is 7.49. The van der Waals surface area contributed by atoms with Crippen molar-refractivity contribution in [2.45, 2.75) is 39.5 Å². The number of nitrogens with zero attached hydrogens (tertiary/aromatic N) is 2. The lowest BCUT2D eigenvalue weighted by molar-refractivity contribution is 0.318. The normalized spacial score (nSPS) is 17.5. The van der Waals surface area contributed by atoms with Crippen molar-refractivity contribution in [3.05, 3.63) is 29.3 Å². The summed E-state index contributed by atoms with van der Waals surface area (Å²) >= 11 is 0. The second-order valence-electron chi connectivity index (χ2n) is 5.72. The summed E-state index contributed by atoms with van der Waals surface area (Å²) in [5, 5.41) is 12.1. The molecule has 1 aromatic rings. The molecule has 20 heavy (non-hydrogen) atoms. The summed E-state index contributed by atoms with van der Waals surface area (Å²) in [6.45, 7) is 6.44. The Labute approximate surface area is 121 Å². The number of aryl methyl sites for hydroxylation is 1. The molecule has 0 saturated carbocycles. The standard InChI is InChI=1S/C16H25N3O/c1-3-4-13-7-9-19(10-8-13)15-11-12(2)5-6-14(15)16(17)18-20/h5-6,11,13,20H,3-4,7-10H2,1-2H3,(H2,17,18). The van der Waals surface area contributed by atoms with E-state index in [4.69, 9.17) is 10.9 Å². The van der Waals surface area contributed by atoms with Gasteiger partial charge in [0.2, 0.25) is 0 Å². The molecule has 1 aliphatic rings. The molecule has 1 fully saturated rings. The Bertz CT molecular complexity index is 477. The van der Waals surface area contributed by atoms with Gasteiger partial charge in [0.05, 0.1) is 0 Å². The molecule has 0 radical (unpaired) electrons. The maximum atomic E-state index is 8.94. The van der Waals surface area contributed by atoms with E-state index in [0.29, 0.717) is 0 Å². The smallest absolute Gasteiger partial charge is 0.172 e. The third-order valence-corrected chi connectivity index (χ3v) is 4.19. The zero-order chi connectivity index (χ0) is 14.5. The van der Waals surface area contributed by atoms with Crippen molar-refractivity contribution >= 4 is 11.5 Å². The van der Waals surface area contributed by atoms with E-state index >= 15 is 0 Å². The molecule has 4 heteroatoms. The average Bonchev–Trinajstić information content (AvgIpc) is 2.47. The van der Waals surface area contributed by atoms with E-state index < -0.39 is 0 Å². The maximum absolute atomic E-state index is 8.94. The van der Waals surface area contributed by atoms with Crippen LogP contribution < -0.4 is 10.6 Å². The van der Waals surface area contributed by atoms with Crippen LogP contribution in [0.1, 0.15) is 43.7 Å². The summed E-state index contributed by atoms with van der Waals surface area (Å²) in [7, 11) is 0. The van der Waals surface area contributed by atoms with E-state index in [1.54, 1.807) is 0 Å². The van der Waals surface area contributed by atoms with Crippen LogP contribution in [0.2, 0.25) is 0 Å². The Morgan fingerprint density at radius 2 is 2.10 bits per heavy atom. The van der Waals surface area contributed by atoms with Crippen LogP contribution in [-0.2, 0) is 0 Å². The van der Waals surface area contributed by atoms with Gasteiger partial charge in [0.25, 0.3) is 0 Å². The van der Waals surface area contributed by atoms with Gasteiger partial charge in [0.1, 0.15) is 0 Å². The molecule has 0 aromatic heterocycles. The first kappa shape index (κ1) is 14.7. The Kier molecular flexibility index (Phi) is 4.88. The Hall–Kier alpha value is -1.71. The lowest BCUT2D eigenvalue weighted by atomic mass is 9.92. The number of rotatable bonds is 4. The molecule has 1 aliphatic heterocycles. The molecule has 1 heterocycles. The van der Waals surface area contributed by atoms with Crippen LogP contribution in [0.4, 0.5) is 5.69 Å². The van der Waals surface area contributed by atoms with Gasteiger partial charge in [0, 0.05) is 24.3 Å². The van der Waals surface area contributed by atoms with Crippen molar-refractivity contribution in [2.24, 2.45) is 16.8 Å². The fourth-order valence-electron chi connectivity index (χ4n) is 3.04. The molecule has 4 nitrogen and oxygen atoms in total. The third-order valence-electron chi connectivity index (χ3n) is 4.19. The summed E-state index contributed by atoms with van der Waals surface area (Å²) in [4.78, 5) is 2.37. The predicted molar refractivity (Wildman–Crippen MR) is 83.5 cm³/mol. The molecule has 2 rings (SSSR count). The number of hydrogen-bond donors (Lipinski definition) is 2. The number of amidine groups is 1. The highest BCUT2D eigenvalue weighted by Crippen LogP contribution is 2.29. The largest absolute Gasteiger partial charge is 0.409 e. The number of nitrogens with two attached hydrogens (primary N) is 1. The molecule has 0 spiro atoms. The van der Waals surface area contributed by atoms with Crippen molar-refractivity contribution in [3.63, 3.8) is 0 Å². The van der Waals surface area contributed by atoms with Crippen LogP contribution in [0.3, 0.4) is 0 Å². The highest BCUT2D eigenvalue weighted by Gasteiger charge is 2.21. The second-order valence-corrected chi connectivity index (χ2v) is 5.72. The number of piperidine rings is 1. The van der Waals surface area contributed by atoms with Gasteiger partial charge in [-0.25, -0.2) is 0 Å². The van der Waals surface area contributed by atoms with Crippen molar-refractivity contribution < 1.29 is 5.21 Å². The van der Waals surface area contributed by atoms with Crippen molar-refractivity contribution in [3.8, 4) is 0 Å². The fraction of sp³-hybridized carbons (Fsp3) is 0.562. The predicted octanol–water partition coefficient (Wildman–Crippen LogP) is 3.11. The zero-order valence-corrected chi connectivity index (χ0v) is 12.5. The Morgan fingerprint density at radius 3 is 2.70 bits per heavy atom. The van der Waals surface area contributed by atoms with Gasteiger partial charge in [0.15, 0.2) is 5.84 Å². The molecule has 1 saturated heterocycles. The highest BCUT2D eigenvalue weighted by atomic mass is 16.4. The van der Waals surface area contributed by atoms with Gasteiger partial charge in [-0.15, -0.1) is 0 Å². The van der Waals surface area contributed by atoms with Gasteiger partial charge < -0.3 is 15.8 Å². The van der Waals surface area contributed by atoms with Gasteiger partial charge in [-0.3, -0.25) is 0 Å². The van der Waals surface area contributed by atoms with E-state index in [-0.39, 0.29) is 5.84 Å². The number of oxime groups is 1. The number of anilines is 1. The van der Waals surface area contributed by atoms with Crippen LogP contribution in [0, 0.1) is 12.8 Å². The molecule has 0 amide bonds. The van der Waals surface area contributed by atoms with Crippen LogP contribution in [-0.4, -0.2) is 24.1 Å². The molecular weight excluding hydrogens is 250 g/mol. The molecule has 0 aliphatic carbocycles. The first-order valence-corrected chi connectivity index (χ1v) is 7.49. The van der Waals surface area contributed by atoms with E-state index in [1.165, 1.54) is 31.2 Å². The van der Waals surface area contributed by atoms with Crippen LogP contribution in [0.25, 0.3) is 0 Å². The molecule has 0 unspecified atom stereocenters. The van der Waals surface area contributed by atoms with E-state index in [2.05, 4.69) is 30.0 Å². The molecule has 0 bridgehead atoms. The fourth-order valence-corrected chi connectivity index (χ4v) is 3.04. The van der Waals surface area contributed by atoms with Crippen LogP contribution in [0.5, 0.6) is 0 Å². The summed E-state index contributed by atoms with van der Waals surface area (Å²) < 4.78 is 0. The first-order chi connectivity index (χ1) is 9.65. The topological polar surface area (TPSA) is 61.8 Å².